The Bertz CT molecular complexity index is 985. The molecular formula is C26H38BClN2O6. The van der Waals surface area contributed by atoms with E-state index >= 15 is 0 Å². The molecule has 0 bridgehead atoms. The molecule has 3 rings (SSSR count). The average molecular weight is 521 g/mol. The van der Waals surface area contributed by atoms with E-state index in [-0.39, 0.29) is 25.9 Å². The molecule has 0 aromatic heterocycles. The van der Waals surface area contributed by atoms with Crippen LogP contribution in [-0.2, 0) is 34.9 Å². The van der Waals surface area contributed by atoms with Crippen LogP contribution in [0.3, 0.4) is 0 Å². The van der Waals surface area contributed by atoms with Crippen LogP contribution in [0.2, 0.25) is 11.3 Å². The summed E-state index contributed by atoms with van der Waals surface area (Å²) in [6.07, 6.45) is 2.80. The van der Waals surface area contributed by atoms with Crippen LogP contribution in [0.25, 0.3) is 0 Å². The van der Waals surface area contributed by atoms with Crippen LogP contribution in [0.4, 0.5) is 0 Å². The largest absolute Gasteiger partial charge is 0.457 e. The van der Waals surface area contributed by atoms with E-state index in [0.29, 0.717) is 30.6 Å². The van der Waals surface area contributed by atoms with Crippen molar-refractivity contribution in [2.24, 2.45) is 11.7 Å². The van der Waals surface area contributed by atoms with Gasteiger partial charge in [-0.1, -0.05) is 30.2 Å². The Hall–Kier alpha value is -2.10. The van der Waals surface area contributed by atoms with E-state index in [0.717, 1.165) is 5.56 Å². The van der Waals surface area contributed by atoms with Crippen molar-refractivity contribution in [3.8, 4) is 0 Å². The molecule has 2 fully saturated rings. The summed E-state index contributed by atoms with van der Waals surface area (Å²) >= 11 is 6.05. The molecule has 8 nitrogen and oxygen atoms in total. The number of esters is 1. The van der Waals surface area contributed by atoms with Crippen LogP contribution >= 0.6 is 11.6 Å². The molecular weight excluding hydrogens is 483 g/mol. The maximum atomic E-state index is 13.2. The van der Waals surface area contributed by atoms with Crippen molar-refractivity contribution in [2.45, 2.75) is 102 Å². The van der Waals surface area contributed by atoms with Crippen molar-refractivity contribution >= 4 is 36.5 Å². The molecule has 2 amide bonds. The molecule has 36 heavy (non-hydrogen) atoms. The second-order valence-corrected chi connectivity index (χ2v) is 11.7. The molecule has 3 unspecified atom stereocenters. The summed E-state index contributed by atoms with van der Waals surface area (Å²) in [5.74, 6) is -1.67. The first-order chi connectivity index (χ1) is 16.6. The normalized spacial score (nSPS) is 29.0. The smallest absolute Gasteiger partial charge is 0.456 e. The number of halogens is 1. The lowest BCUT2D eigenvalue weighted by Gasteiger charge is -2.53. The lowest BCUT2D eigenvalue weighted by Crippen LogP contribution is -2.74. The number of primary amides is 1. The molecule has 10 heteroatoms. The number of nitrogens with two attached hydrogens (primary N) is 1. The average Bonchev–Trinajstić information content (AvgIpc) is 2.95. The number of ether oxygens (including phenoxy) is 1. The lowest BCUT2D eigenvalue weighted by atomic mass is 9.61. The van der Waals surface area contributed by atoms with Gasteiger partial charge in [-0.15, -0.1) is 0 Å². The maximum absolute atomic E-state index is 13.2. The Morgan fingerprint density at radius 2 is 1.69 bits per heavy atom. The first-order valence-corrected chi connectivity index (χ1v) is 12.9. The van der Waals surface area contributed by atoms with E-state index in [1.54, 1.807) is 12.1 Å². The Labute approximate surface area is 219 Å². The number of rotatable bonds is 8. The minimum atomic E-state index is -1.58. The summed E-state index contributed by atoms with van der Waals surface area (Å²) in [6.45, 7) is 10.7. The van der Waals surface area contributed by atoms with E-state index in [9.17, 15) is 14.4 Å². The van der Waals surface area contributed by atoms with Crippen LogP contribution in [0.1, 0.15) is 72.8 Å². The van der Waals surface area contributed by atoms with Crippen LogP contribution < -0.4 is 11.1 Å². The zero-order chi connectivity index (χ0) is 26.9. The summed E-state index contributed by atoms with van der Waals surface area (Å²) in [4.78, 5) is 37.9. The summed E-state index contributed by atoms with van der Waals surface area (Å²) in [5, 5.41) is 3.39. The summed E-state index contributed by atoms with van der Waals surface area (Å²) in [6, 6.07) is 7.10. The van der Waals surface area contributed by atoms with Crippen molar-refractivity contribution in [3.63, 3.8) is 0 Å². The van der Waals surface area contributed by atoms with Gasteiger partial charge >= 0.3 is 13.1 Å². The summed E-state index contributed by atoms with van der Waals surface area (Å²) < 4.78 is 18.2. The minimum Gasteiger partial charge on any atom is -0.456 e. The number of hydrogen-bond donors (Lipinski definition) is 2. The monoisotopic (exact) mass is 520 g/mol. The molecule has 2 aliphatic rings. The number of carbonyl (C=O) groups is 3. The molecule has 1 saturated heterocycles. The fourth-order valence-electron chi connectivity index (χ4n) is 5.55. The molecule has 3 N–H and O–H groups in total. The van der Waals surface area contributed by atoms with Gasteiger partial charge in [0.2, 0.25) is 11.8 Å². The number of carbonyl (C=O) groups excluding carboxylic acids is 3. The predicted octanol–water partition coefficient (Wildman–Crippen LogP) is 3.83. The van der Waals surface area contributed by atoms with Crippen molar-refractivity contribution in [1.82, 2.24) is 5.32 Å². The van der Waals surface area contributed by atoms with Crippen LogP contribution in [0.5, 0.6) is 0 Å². The molecule has 1 aromatic rings. The predicted molar refractivity (Wildman–Crippen MR) is 138 cm³/mol. The van der Waals surface area contributed by atoms with E-state index in [1.165, 1.54) is 13.8 Å². The Kier molecular flexibility index (Phi) is 8.18. The Balaban J connectivity index is 1.91. The van der Waals surface area contributed by atoms with Gasteiger partial charge in [0.15, 0.2) is 5.54 Å². The van der Waals surface area contributed by atoms with Crippen molar-refractivity contribution in [3.05, 3.63) is 34.9 Å². The van der Waals surface area contributed by atoms with E-state index in [2.05, 4.69) is 5.32 Å². The zero-order valence-electron chi connectivity index (χ0n) is 22.1. The fraction of sp³-hybridized carbons (Fsp3) is 0.654. The third-order valence-electron chi connectivity index (χ3n) is 7.99. The SMILES string of the molecule is CC(=O)NC1(C(N)=O)CC(CCB2OC(C)(C)C(C)(C)O2)CCC1(Cc1ccc(Cl)cc1)OC(C)=O. The highest BCUT2D eigenvalue weighted by Gasteiger charge is 2.62. The third kappa shape index (κ3) is 5.73. The molecule has 3 atom stereocenters. The van der Waals surface area contributed by atoms with Crippen LogP contribution in [0, 0.1) is 5.92 Å². The van der Waals surface area contributed by atoms with Gasteiger partial charge in [0.25, 0.3) is 0 Å². The number of amides is 2. The van der Waals surface area contributed by atoms with Gasteiger partial charge in [0, 0.05) is 25.3 Å². The lowest BCUT2D eigenvalue weighted by molar-refractivity contribution is -0.181. The standard InChI is InChI=1S/C26H38BClN2O6/c1-17(31)30-26(22(29)33)16-20(12-14-27-35-23(3,4)24(5,6)36-27)11-13-25(26,34-18(2)32)15-19-7-9-21(28)10-8-19/h7-10,20H,11-16H2,1-6H3,(H2,29,33)(H,30,31). The molecule has 1 aliphatic carbocycles. The second kappa shape index (κ2) is 10.3. The van der Waals surface area contributed by atoms with E-state index < -0.39 is 40.1 Å². The van der Waals surface area contributed by atoms with Crippen molar-refractivity contribution in [2.75, 3.05) is 0 Å². The van der Waals surface area contributed by atoms with Crippen molar-refractivity contribution in [1.29, 1.82) is 0 Å². The van der Waals surface area contributed by atoms with Gasteiger partial charge in [-0.3, -0.25) is 14.4 Å². The maximum Gasteiger partial charge on any atom is 0.457 e. The second-order valence-electron chi connectivity index (χ2n) is 11.2. The molecule has 1 heterocycles. The minimum absolute atomic E-state index is 0.0253. The van der Waals surface area contributed by atoms with Crippen LogP contribution in [-0.4, -0.2) is 47.2 Å². The molecule has 1 saturated carbocycles. The van der Waals surface area contributed by atoms with Gasteiger partial charge in [-0.05, 0) is 76.9 Å². The van der Waals surface area contributed by atoms with E-state index in [1.807, 2.05) is 39.8 Å². The Morgan fingerprint density at radius 3 is 2.19 bits per heavy atom. The zero-order valence-corrected chi connectivity index (χ0v) is 22.9. The van der Waals surface area contributed by atoms with Gasteiger partial charge in [0.1, 0.15) is 5.60 Å². The first kappa shape index (κ1) is 28.5. The summed E-state index contributed by atoms with van der Waals surface area (Å²) in [5.41, 5.74) is 3.05. The third-order valence-corrected chi connectivity index (χ3v) is 8.25. The molecule has 1 aliphatic heterocycles. The quantitative estimate of drug-likeness (QED) is 0.397. The number of nitrogens with one attached hydrogen (secondary N) is 1. The number of hydrogen-bond acceptors (Lipinski definition) is 6. The topological polar surface area (TPSA) is 117 Å². The molecule has 1 aromatic carbocycles. The van der Waals surface area contributed by atoms with E-state index in [4.69, 9.17) is 31.4 Å². The van der Waals surface area contributed by atoms with Crippen LogP contribution in [0.15, 0.2) is 24.3 Å². The fourth-order valence-corrected chi connectivity index (χ4v) is 5.67. The Morgan fingerprint density at radius 1 is 1.11 bits per heavy atom. The van der Waals surface area contributed by atoms with Crippen molar-refractivity contribution < 1.29 is 28.4 Å². The highest BCUT2D eigenvalue weighted by Crippen LogP contribution is 2.47. The van der Waals surface area contributed by atoms with Gasteiger partial charge < -0.3 is 25.1 Å². The van der Waals surface area contributed by atoms with Gasteiger partial charge in [0.05, 0.1) is 11.2 Å². The highest BCUT2D eigenvalue weighted by atomic mass is 35.5. The molecule has 0 spiro atoms. The molecule has 0 radical (unpaired) electrons. The molecule has 198 valence electrons. The number of benzene rings is 1. The summed E-state index contributed by atoms with van der Waals surface area (Å²) in [7, 11) is -0.368. The first-order valence-electron chi connectivity index (χ1n) is 12.5. The van der Waals surface area contributed by atoms with Gasteiger partial charge in [-0.25, -0.2) is 0 Å². The van der Waals surface area contributed by atoms with Gasteiger partial charge in [-0.2, -0.15) is 0 Å². The highest BCUT2D eigenvalue weighted by molar-refractivity contribution is 6.45.